The molecule has 1 saturated heterocycles. The molecule has 1 aliphatic rings. The summed E-state index contributed by atoms with van der Waals surface area (Å²) < 4.78 is 10.5. The van der Waals surface area contributed by atoms with E-state index in [9.17, 15) is 9.59 Å². The number of piperidine rings is 1. The van der Waals surface area contributed by atoms with Crippen LogP contribution in [0.1, 0.15) is 37.8 Å². The summed E-state index contributed by atoms with van der Waals surface area (Å²) in [6, 6.07) is 14.6. The third-order valence-corrected chi connectivity index (χ3v) is 5.29. The Balaban J connectivity index is 2.02. The zero-order valence-corrected chi connectivity index (χ0v) is 17.2. The van der Waals surface area contributed by atoms with Crippen molar-refractivity contribution in [3.05, 3.63) is 54.1 Å². The first-order valence-electron chi connectivity index (χ1n) is 9.96. The average Bonchev–Trinajstić information content (AvgIpc) is 2.77. The van der Waals surface area contributed by atoms with Crippen molar-refractivity contribution in [1.82, 2.24) is 5.32 Å². The molecule has 0 radical (unpaired) electrons. The molecule has 2 amide bonds. The molecule has 29 heavy (non-hydrogen) atoms. The first kappa shape index (κ1) is 20.7. The molecular weight excluding hydrogens is 368 g/mol. The third kappa shape index (κ3) is 4.53. The average molecular weight is 396 g/mol. The summed E-state index contributed by atoms with van der Waals surface area (Å²) in [6.45, 7) is 2.65. The Hall–Kier alpha value is -3.02. The number of rotatable bonds is 7. The fourth-order valence-corrected chi connectivity index (χ4v) is 3.78. The van der Waals surface area contributed by atoms with E-state index in [4.69, 9.17) is 9.47 Å². The first-order chi connectivity index (χ1) is 14.1. The van der Waals surface area contributed by atoms with Crippen molar-refractivity contribution in [2.75, 3.05) is 25.7 Å². The minimum atomic E-state index is -0.382. The third-order valence-electron chi connectivity index (χ3n) is 5.29. The molecule has 0 saturated carbocycles. The van der Waals surface area contributed by atoms with E-state index in [2.05, 4.69) is 5.32 Å². The lowest BCUT2D eigenvalue weighted by molar-refractivity contribution is -0.129. The van der Waals surface area contributed by atoms with E-state index >= 15 is 0 Å². The standard InChI is InChI=1S/C23H28N2O4/c1-4-15-24-23(27)20-13-14-21(26)25(17-7-11-19(29-3)12-8-17)22(20)16-5-9-18(28-2)10-6-16/h5-12,20,22H,4,13-15H2,1-3H3,(H,24,27). The number of benzene rings is 2. The Morgan fingerprint density at radius 1 is 1.03 bits per heavy atom. The lowest BCUT2D eigenvalue weighted by atomic mass is 9.83. The maximum atomic E-state index is 13.0. The summed E-state index contributed by atoms with van der Waals surface area (Å²) in [6.07, 6.45) is 1.73. The van der Waals surface area contributed by atoms with Gasteiger partial charge in [0.2, 0.25) is 11.8 Å². The van der Waals surface area contributed by atoms with Crippen LogP contribution in [0.25, 0.3) is 0 Å². The second kappa shape index (κ2) is 9.45. The van der Waals surface area contributed by atoms with Gasteiger partial charge in [-0.2, -0.15) is 0 Å². The predicted molar refractivity (Wildman–Crippen MR) is 112 cm³/mol. The molecule has 2 atom stereocenters. The van der Waals surface area contributed by atoms with Gasteiger partial charge in [-0.1, -0.05) is 19.1 Å². The zero-order chi connectivity index (χ0) is 20.8. The van der Waals surface area contributed by atoms with Crippen molar-refractivity contribution in [3.63, 3.8) is 0 Å². The SMILES string of the molecule is CCCNC(=O)C1CCC(=O)N(c2ccc(OC)cc2)C1c1ccc(OC)cc1. The molecular formula is C23H28N2O4. The Labute approximate surface area is 171 Å². The minimum Gasteiger partial charge on any atom is -0.497 e. The topological polar surface area (TPSA) is 67.9 Å². The number of methoxy groups -OCH3 is 2. The van der Waals surface area contributed by atoms with Gasteiger partial charge in [-0.15, -0.1) is 0 Å². The van der Waals surface area contributed by atoms with Crippen LogP contribution in [0.5, 0.6) is 11.5 Å². The van der Waals surface area contributed by atoms with E-state index in [1.165, 1.54) is 0 Å². The van der Waals surface area contributed by atoms with Crippen LogP contribution < -0.4 is 19.7 Å². The van der Waals surface area contributed by atoms with Gasteiger partial charge in [-0.05, 0) is 54.8 Å². The Morgan fingerprint density at radius 2 is 1.62 bits per heavy atom. The van der Waals surface area contributed by atoms with Gasteiger partial charge in [0, 0.05) is 18.7 Å². The quantitative estimate of drug-likeness (QED) is 0.775. The summed E-state index contributed by atoms with van der Waals surface area (Å²) in [5.74, 6) is 1.12. The molecule has 2 unspecified atom stereocenters. The van der Waals surface area contributed by atoms with E-state index in [0.29, 0.717) is 19.4 Å². The van der Waals surface area contributed by atoms with Crippen LogP contribution in [0.2, 0.25) is 0 Å². The number of hydrogen-bond acceptors (Lipinski definition) is 4. The molecule has 2 aromatic carbocycles. The summed E-state index contributed by atoms with van der Waals surface area (Å²) in [5.41, 5.74) is 1.66. The molecule has 1 aliphatic heterocycles. The number of hydrogen-bond donors (Lipinski definition) is 1. The first-order valence-corrected chi connectivity index (χ1v) is 9.96. The number of amides is 2. The van der Waals surface area contributed by atoms with Crippen LogP contribution >= 0.6 is 0 Å². The molecule has 0 aliphatic carbocycles. The van der Waals surface area contributed by atoms with Crippen LogP contribution in [0, 0.1) is 5.92 Å². The van der Waals surface area contributed by atoms with Crippen molar-refractivity contribution in [3.8, 4) is 11.5 Å². The van der Waals surface area contributed by atoms with Gasteiger partial charge in [0.1, 0.15) is 11.5 Å². The highest BCUT2D eigenvalue weighted by Crippen LogP contribution is 2.40. The van der Waals surface area contributed by atoms with Crippen molar-refractivity contribution >= 4 is 17.5 Å². The van der Waals surface area contributed by atoms with E-state index < -0.39 is 0 Å². The zero-order valence-electron chi connectivity index (χ0n) is 17.2. The van der Waals surface area contributed by atoms with Gasteiger partial charge in [0.25, 0.3) is 0 Å². The molecule has 6 heteroatoms. The lowest BCUT2D eigenvalue weighted by Gasteiger charge is -2.41. The van der Waals surface area contributed by atoms with Gasteiger partial charge in [0.15, 0.2) is 0 Å². The molecule has 2 aromatic rings. The normalized spacial score (nSPS) is 19.0. The Bertz CT molecular complexity index is 833. The molecule has 154 valence electrons. The highest BCUT2D eigenvalue weighted by molar-refractivity contribution is 5.97. The highest BCUT2D eigenvalue weighted by atomic mass is 16.5. The molecule has 0 aromatic heterocycles. The maximum absolute atomic E-state index is 13.0. The van der Waals surface area contributed by atoms with Crippen LogP contribution in [0.15, 0.2) is 48.5 Å². The smallest absolute Gasteiger partial charge is 0.227 e. The monoisotopic (exact) mass is 396 g/mol. The molecule has 0 bridgehead atoms. The van der Waals surface area contributed by atoms with Crippen molar-refractivity contribution < 1.29 is 19.1 Å². The van der Waals surface area contributed by atoms with Gasteiger partial charge in [-0.25, -0.2) is 0 Å². The molecule has 1 heterocycles. The molecule has 1 N–H and O–H groups in total. The van der Waals surface area contributed by atoms with Crippen LogP contribution in [0.4, 0.5) is 5.69 Å². The lowest BCUT2D eigenvalue weighted by Crippen LogP contribution is -2.48. The number of ether oxygens (including phenoxy) is 2. The Kier molecular flexibility index (Phi) is 6.75. The van der Waals surface area contributed by atoms with E-state index in [0.717, 1.165) is 29.2 Å². The largest absolute Gasteiger partial charge is 0.497 e. The number of carbonyl (C=O) groups excluding carboxylic acids is 2. The number of carbonyl (C=O) groups is 2. The summed E-state index contributed by atoms with van der Waals surface area (Å²) in [7, 11) is 3.22. The summed E-state index contributed by atoms with van der Waals surface area (Å²) in [4.78, 5) is 27.7. The number of nitrogens with one attached hydrogen (secondary N) is 1. The molecule has 1 fully saturated rings. The number of nitrogens with zero attached hydrogens (tertiary/aromatic N) is 1. The molecule has 0 spiro atoms. The van der Waals surface area contributed by atoms with Crippen molar-refractivity contribution in [2.24, 2.45) is 5.92 Å². The van der Waals surface area contributed by atoms with Crippen LogP contribution in [-0.4, -0.2) is 32.6 Å². The van der Waals surface area contributed by atoms with Crippen molar-refractivity contribution in [2.45, 2.75) is 32.2 Å². The predicted octanol–water partition coefficient (Wildman–Crippen LogP) is 3.71. The summed E-state index contributed by atoms with van der Waals surface area (Å²) >= 11 is 0. The van der Waals surface area contributed by atoms with E-state index in [-0.39, 0.29) is 23.8 Å². The second-order valence-electron chi connectivity index (χ2n) is 7.12. The van der Waals surface area contributed by atoms with Gasteiger partial charge >= 0.3 is 0 Å². The molecule has 6 nitrogen and oxygen atoms in total. The van der Waals surface area contributed by atoms with Crippen LogP contribution in [0.3, 0.4) is 0 Å². The van der Waals surface area contributed by atoms with Crippen LogP contribution in [-0.2, 0) is 9.59 Å². The van der Waals surface area contributed by atoms with Gasteiger partial charge in [-0.3, -0.25) is 9.59 Å². The number of anilines is 1. The van der Waals surface area contributed by atoms with Crippen molar-refractivity contribution in [1.29, 1.82) is 0 Å². The highest BCUT2D eigenvalue weighted by Gasteiger charge is 2.41. The second-order valence-corrected chi connectivity index (χ2v) is 7.12. The molecule has 3 rings (SSSR count). The fourth-order valence-electron chi connectivity index (χ4n) is 3.78. The minimum absolute atomic E-state index is 0.00975. The summed E-state index contributed by atoms with van der Waals surface area (Å²) in [5, 5.41) is 3.01. The van der Waals surface area contributed by atoms with E-state index in [1.54, 1.807) is 19.1 Å². The fraction of sp³-hybridized carbons (Fsp3) is 0.391. The van der Waals surface area contributed by atoms with Gasteiger partial charge < -0.3 is 19.7 Å². The maximum Gasteiger partial charge on any atom is 0.227 e. The van der Waals surface area contributed by atoms with Gasteiger partial charge in [0.05, 0.1) is 26.2 Å². The Morgan fingerprint density at radius 3 is 2.17 bits per heavy atom. The van der Waals surface area contributed by atoms with E-state index in [1.807, 2.05) is 55.5 Å².